The van der Waals surface area contributed by atoms with Gasteiger partial charge >= 0.3 is 0 Å². The molecule has 0 radical (unpaired) electrons. The molecule has 2 bridgehead atoms. The summed E-state index contributed by atoms with van der Waals surface area (Å²) in [5.41, 5.74) is 1.61. The SMILES string of the molecule is c1cnc2nc(-c3nnc(N4CCN5CCC4CC5)s3)ccc2c1. The Hall–Kier alpha value is -2.12. The maximum atomic E-state index is 4.64. The Labute approximate surface area is 144 Å². The van der Waals surface area contributed by atoms with Gasteiger partial charge in [0.25, 0.3) is 0 Å². The van der Waals surface area contributed by atoms with Gasteiger partial charge in [-0.1, -0.05) is 11.3 Å². The zero-order chi connectivity index (χ0) is 15.9. The maximum Gasteiger partial charge on any atom is 0.208 e. The molecule has 0 amide bonds. The average Bonchev–Trinajstić information content (AvgIpc) is 2.94. The number of aromatic nitrogens is 4. The summed E-state index contributed by atoms with van der Waals surface area (Å²) in [5.74, 6) is 0. The lowest BCUT2D eigenvalue weighted by atomic mass is 10.1. The average molecular weight is 338 g/mol. The Morgan fingerprint density at radius 2 is 1.92 bits per heavy atom. The van der Waals surface area contributed by atoms with Gasteiger partial charge in [-0.15, -0.1) is 10.2 Å². The molecule has 6 heterocycles. The van der Waals surface area contributed by atoms with Crippen LogP contribution in [0.2, 0.25) is 0 Å². The molecule has 0 spiro atoms. The van der Waals surface area contributed by atoms with Gasteiger partial charge in [-0.25, -0.2) is 9.97 Å². The Morgan fingerprint density at radius 3 is 2.83 bits per heavy atom. The van der Waals surface area contributed by atoms with Crippen LogP contribution in [0, 0.1) is 0 Å². The van der Waals surface area contributed by atoms with Crippen LogP contribution in [0.1, 0.15) is 12.8 Å². The van der Waals surface area contributed by atoms with Crippen molar-refractivity contribution in [1.82, 2.24) is 25.1 Å². The van der Waals surface area contributed by atoms with Crippen LogP contribution < -0.4 is 4.90 Å². The van der Waals surface area contributed by atoms with Gasteiger partial charge < -0.3 is 9.80 Å². The zero-order valence-electron chi connectivity index (χ0n) is 13.3. The van der Waals surface area contributed by atoms with E-state index in [1.807, 2.05) is 24.3 Å². The number of pyridine rings is 2. The third kappa shape index (κ3) is 2.44. The van der Waals surface area contributed by atoms with Gasteiger partial charge in [-0.05, 0) is 37.1 Å². The molecule has 3 aromatic rings. The number of hydrogen-bond acceptors (Lipinski definition) is 7. The van der Waals surface area contributed by atoms with E-state index in [4.69, 9.17) is 0 Å². The van der Waals surface area contributed by atoms with Crippen LogP contribution in [-0.4, -0.2) is 57.3 Å². The van der Waals surface area contributed by atoms with Gasteiger partial charge in [0, 0.05) is 43.8 Å². The first-order valence-electron chi connectivity index (χ1n) is 8.41. The number of anilines is 1. The molecule has 3 fully saturated rings. The highest BCUT2D eigenvalue weighted by atomic mass is 32.1. The van der Waals surface area contributed by atoms with Crippen LogP contribution in [-0.2, 0) is 0 Å². The molecule has 24 heavy (non-hydrogen) atoms. The van der Waals surface area contributed by atoms with Crippen molar-refractivity contribution in [2.24, 2.45) is 0 Å². The maximum absolute atomic E-state index is 4.64. The highest BCUT2D eigenvalue weighted by Crippen LogP contribution is 2.32. The Kier molecular flexibility index (Phi) is 3.41. The minimum atomic E-state index is 0.607. The Bertz CT molecular complexity index is 870. The summed E-state index contributed by atoms with van der Waals surface area (Å²) in [7, 11) is 0. The van der Waals surface area contributed by atoms with E-state index < -0.39 is 0 Å². The molecule has 7 heteroatoms. The summed E-state index contributed by atoms with van der Waals surface area (Å²) < 4.78 is 0. The van der Waals surface area contributed by atoms with E-state index in [0.29, 0.717) is 6.04 Å². The van der Waals surface area contributed by atoms with E-state index in [1.165, 1.54) is 25.9 Å². The fourth-order valence-electron chi connectivity index (χ4n) is 3.65. The number of rotatable bonds is 2. The molecule has 0 atom stereocenters. The monoisotopic (exact) mass is 338 g/mol. The first kappa shape index (κ1) is 14.2. The van der Waals surface area contributed by atoms with E-state index in [2.05, 4.69) is 30.0 Å². The van der Waals surface area contributed by atoms with Crippen LogP contribution in [0.4, 0.5) is 5.13 Å². The first-order chi connectivity index (χ1) is 11.9. The lowest BCUT2D eigenvalue weighted by molar-refractivity contribution is 0.250. The Balaban J connectivity index is 1.47. The normalized spacial score (nSPS) is 23.6. The fourth-order valence-corrected chi connectivity index (χ4v) is 4.56. The van der Waals surface area contributed by atoms with Crippen molar-refractivity contribution >= 4 is 27.5 Å². The molecule has 3 aliphatic rings. The van der Waals surface area contributed by atoms with Crippen molar-refractivity contribution in [3.05, 3.63) is 30.5 Å². The second kappa shape index (κ2) is 5.75. The third-order valence-electron chi connectivity index (χ3n) is 5.00. The number of piperidine rings is 1. The molecule has 6 rings (SSSR count). The summed E-state index contributed by atoms with van der Waals surface area (Å²) >= 11 is 1.64. The standard InChI is InChI=1S/C17H18N6S/c1-2-12-3-4-14(19-15(12)18-7-1)16-20-21-17(24-16)23-11-10-22-8-5-13(23)6-9-22/h1-4,7,13H,5-6,8-11H2. The van der Waals surface area contributed by atoms with Gasteiger partial charge in [-0.2, -0.15) is 0 Å². The van der Waals surface area contributed by atoms with E-state index in [9.17, 15) is 0 Å². The van der Waals surface area contributed by atoms with Crippen molar-refractivity contribution in [2.75, 3.05) is 31.1 Å². The molecule has 0 aromatic carbocycles. The van der Waals surface area contributed by atoms with E-state index in [-0.39, 0.29) is 0 Å². The van der Waals surface area contributed by atoms with Crippen molar-refractivity contribution in [1.29, 1.82) is 0 Å². The van der Waals surface area contributed by atoms with Gasteiger partial charge in [-0.3, -0.25) is 0 Å². The quantitative estimate of drug-likeness (QED) is 0.715. The smallest absolute Gasteiger partial charge is 0.208 e. The minimum absolute atomic E-state index is 0.607. The topological polar surface area (TPSA) is 58.0 Å². The predicted octanol–water partition coefficient (Wildman–Crippen LogP) is 2.43. The van der Waals surface area contributed by atoms with Crippen LogP contribution in [0.5, 0.6) is 0 Å². The molecule has 0 N–H and O–H groups in total. The summed E-state index contributed by atoms with van der Waals surface area (Å²) in [6.45, 7) is 4.60. The minimum Gasteiger partial charge on any atom is -0.342 e. The van der Waals surface area contributed by atoms with Gasteiger partial charge in [0.15, 0.2) is 10.7 Å². The third-order valence-corrected chi connectivity index (χ3v) is 5.98. The lowest BCUT2D eigenvalue weighted by Crippen LogP contribution is -2.37. The van der Waals surface area contributed by atoms with Crippen LogP contribution >= 0.6 is 11.3 Å². The van der Waals surface area contributed by atoms with Crippen molar-refractivity contribution in [3.63, 3.8) is 0 Å². The summed E-state index contributed by atoms with van der Waals surface area (Å²) in [6.07, 6.45) is 4.23. The highest BCUT2D eigenvalue weighted by Gasteiger charge is 2.31. The van der Waals surface area contributed by atoms with Crippen molar-refractivity contribution in [3.8, 4) is 10.7 Å². The van der Waals surface area contributed by atoms with Crippen LogP contribution in [0.15, 0.2) is 30.5 Å². The molecule has 0 unspecified atom stereocenters. The zero-order valence-corrected chi connectivity index (χ0v) is 14.1. The molecule has 3 aromatic heterocycles. The fraction of sp³-hybridized carbons (Fsp3) is 0.412. The number of fused-ring (bicyclic) bond motifs is 5. The Morgan fingerprint density at radius 1 is 1.00 bits per heavy atom. The number of nitrogens with zero attached hydrogens (tertiary/aromatic N) is 6. The summed E-state index contributed by atoms with van der Waals surface area (Å²) in [4.78, 5) is 14.0. The summed E-state index contributed by atoms with van der Waals surface area (Å²) in [6, 6.07) is 8.61. The second-order valence-electron chi connectivity index (χ2n) is 6.40. The molecule has 3 aliphatic heterocycles. The van der Waals surface area contributed by atoms with Crippen molar-refractivity contribution in [2.45, 2.75) is 18.9 Å². The van der Waals surface area contributed by atoms with E-state index >= 15 is 0 Å². The molecule has 0 saturated carbocycles. The number of hydrogen-bond donors (Lipinski definition) is 0. The van der Waals surface area contributed by atoms with Crippen molar-refractivity contribution < 1.29 is 0 Å². The van der Waals surface area contributed by atoms with Gasteiger partial charge in [0.05, 0.1) is 0 Å². The molecule has 0 aliphatic carbocycles. The second-order valence-corrected chi connectivity index (χ2v) is 7.36. The van der Waals surface area contributed by atoms with E-state index in [1.54, 1.807) is 17.5 Å². The predicted molar refractivity (Wildman–Crippen MR) is 95.2 cm³/mol. The molecular weight excluding hydrogens is 320 g/mol. The van der Waals surface area contributed by atoms with Gasteiger partial charge in [0.2, 0.25) is 5.13 Å². The molecular formula is C17H18N6S. The summed E-state index contributed by atoms with van der Waals surface area (Å²) in [5, 5.41) is 11.8. The molecule has 122 valence electrons. The highest BCUT2D eigenvalue weighted by molar-refractivity contribution is 7.18. The largest absolute Gasteiger partial charge is 0.342 e. The first-order valence-corrected chi connectivity index (χ1v) is 9.23. The van der Waals surface area contributed by atoms with Crippen LogP contribution in [0.3, 0.4) is 0 Å². The van der Waals surface area contributed by atoms with Gasteiger partial charge in [0.1, 0.15) is 5.69 Å². The molecule has 3 saturated heterocycles. The lowest BCUT2D eigenvalue weighted by Gasteiger charge is -2.30. The van der Waals surface area contributed by atoms with Crippen LogP contribution in [0.25, 0.3) is 21.7 Å². The molecule has 6 nitrogen and oxygen atoms in total. The van der Waals surface area contributed by atoms with E-state index in [0.717, 1.165) is 40.0 Å².